The van der Waals surface area contributed by atoms with Gasteiger partial charge in [-0.3, -0.25) is 5.32 Å². The molecule has 2 nitrogen and oxygen atoms in total. The predicted molar refractivity (Wildman–Crippen MR) is 55.7 cm³/mol. The smallest absolute Gasteiger partial charge is 0.0971 e. The predicted octanol–water partition coefficient (Wildman–Crippen LogP) is 2.68. The van der Waals surface area contributed by atoms with Crippen molar-refractivity contribution < 1.29 is 4.74 Å². The summed E-state index contributed by atoms with van der Waals surface area (Å²) < 4.78 is 5.43. The molecule has 13 heavy (non-hydrogen) atoms. The molecular formula is C11H23NO. The van der Waals surface area contributed by atoms with Gasteiger partial charge in [0.15, 0.2) is 0 Å². The van der Waals surface area contributed by atoms with Gasteiger partial charge in [0.1, 0.15) is 0 Å². The van der Waals surface area contributed by atoms with Crippen molar-refractivity contribution in [1.82, 2.24) is 5.32 Å². The number of unbranched alkanes of at least 4 members (excludes halogenated alkanes) is 2. The summed E-state index contributed by atoms with van der Waals surface area (Å²) in [4.78, 5) is 0. The Morgan fingerprint density at radius 3 is 2.54 bits per heavy atom. The minimum absolute atomic E-state index is 0.323. The first-order valence-corrected chi connectivity index (χ1v) is 5.66. The summed E-state index contributed by atoms with van der Waals surface area (Å²) in [6.45, 7) is 6.18. The molecule has 0 spiro atoms. The molecule has 78 valence electrons. The maximum Gasteiger partial charge on any atom is 0.0971 e. The third kappa shape index (κ3) is 3.28. The third-order valence-electron chi connectivity index (χ3n) is 2.92. The maximum atomic E-state index is 5.43. The molecule has 0 aliphatic carbocycles. The topological polar surface area (TPSA) is 21.3 Å². The molecule has 1 atom stereocenters. The minimum atomic E-state index is 0.323. The van der Waals surface area contributed by atoms with Gasteiger partial charge in [0, 0.05) is 5.54 Å². The van der Waals surface area contributed by atoms with Crippen molar-refractivity contribution in [2.45, 2.75) is 57.9 Å². The van der Waals surface area contributed by atoms with Crippen LogP contribution < -0.4 is 5.32 Å². The Morgan fingerprint density at radius 1 is 1.15 bits per heavy atom. The SMILES string of the molecule is CCCCCC1(CCC)COCN1. The van der Waals surface area contributed by atoms with E-state index in [9.17, 15) is 0 Å². The van der Waals surface area contributed by atoms with Crippen molar-refractivity contribution in [3.05, 3.63) is 0 Å². The maximum absolute atomic E-state index is 5.43. The van der Waals surface area contributed by atoms with Gasteiger partial charge in [0.05, 0.1) is 13.3 Å². The highest BCUT2D eigenvalue weighted by Crippen LogP contribution is 2.24. The van der Waals surface area contributed by atoms with Crippen LogP contribution in [0.3, 0.4) is 0 Å². The van der Waals surface area contributed by atoms with Crippen LogP contribution in [0, 0.1) is 0 Å². The van der Waals surface area contributed by atoms with Gasteiger partial charge in [0.25, 0.3) is 0 Å². The normalized spacial score (nSPS) is 28.2. The van der Waals surface area contributed by atoms with E-state index in [1.54, 1.807) is 0 Å². The highest BCUT2D eigenvalue weighted by Gasteiger charge is 2.32. The standard InChI is InChI=1S/C11H23NO/c1-3-5-6-8-11(7-4-2)9-13-10-12-11/h12H,3-10H2,1-2H3. The summed E-state index contributed by atoms with van der Waals surface area (Å²) in [6.07, 6.45) is 7.80. The van der Waals surface area contributed by atoms with Crippen LogP contribution in [0.1, 0.15) is 52.4 Å². The molecule has 0 aromatic rings. The van der Waals surface area contributed by atoms with Crippen LogP contribution in [0.5, 0.6) is 0 Å². The molecule has 1 rings (SSSR count). The van der Waals surface area contributed by atoms with Crippen LogP contribution in [0.25, 0.3) is 0 Å². The first-order valence-electron chi connectivity index (χ1n) is 5.66. The molecule has 1 unspecified atom stereocenters. The highest BCUT2D eigenvalue weighted by atomic mass is 16.5. The summed E-state index contributed by atoms with van der Waals surface area (Å²) in [6, 6.07) is 0. The molecule has 1 heterocycles. The Bertz CT molecular complexity index is 130. The molecule has 0 amide bonds. The molecule has 0 aromatic carbocycles. The zero-order valence-electron chi connectivity index (χ0n) is 9.07. The van der Waals surface area contributed by atoms with E-state index >= 15 is 0 Å². The molecule has 2 heteroatoms. The Hall–Kier alpha value is -0.0800. The van der Waals surface area contributed by atoms with Crippen LogP contribution in [0.15, 0.2) is 0 Å². The largest absolute Gasteiger partial charge is 0.364 e. The number of hydrogen-bond donors (Lipinski definition) is 1. The van der Waals surface area contributed by atoms with Crippen LogP contribution in [-0.4, -0.2) is 18.9 Å². The average molecular weight is 185 g/mol. The lowest BCUT2D eigenvalue weighted by Crippen LogP contribution is -2.42. The van der Waals surface area contributed by atoms with Crippen molar-refractivity contribution in [1.29, 1.82) is 0 Å². The Balaban J connectivity index is 2.28. The van der Waals surface area contributed by atoms with Gasteiger partial charge in [-0.1, -0.05) is 39.5 Å². The van der Waals surface area contributed by atoms with Gasteiger partial charge in [-0.05, 0) is 12.8 Å². The average Bonchev–Trinajstić information content (AvgIpc) is 2.55. The Kier molecular flexibility index (Phi) is 4.74. The fraction of sp³-hybridized carbons (Fsp3) is 1.00. The minimum Gasteiger partial charge on any atom is -0.364 e. The summed E-state index contributed by atoms with van der Waals surface area (Å²) in [5, 5.41) is 3.51. The number of rotatable bonds is 6. The molecule has 0 aromatic heterocycles. The lowest BCUT2D eigenvalue weighted by molar-refractivity contribution is 0.169. The molecule has 0 bridgehead atoms. The van der Waals surface area contributed by atoms with Crippen molar-refractivity contribution in [2.24, 2.45) is 0 Å². The molecule has 0 radical (unpaired) electrons. The van der Waals surface area contributed by atoms with E-state index in [1.807, 2.05) is 0 Å². The van der Waals surface area contributed by atoms with Crippen molar-refractivity contribution in [3.63, 3.8) is 0 Å². The first kappa shape index (κ1) is 11.0. The summed E-state index contributed by atoms with van der Waals surface area (Å²) in [5.74, 6) is 0. The molecule has 1 fully saturated rings. The molecule has 1 saturated heterocycles. The number of ether oxygens (including phenoxy) is 1. The van der Waals surface area contributed by atoms with E-state index in [0.717, 1.165) is 13.3 Å². The second-order valence-corrected chi connectivity index (χ2v) is 4.16. The molecule has 1 N–H and O–H groups in total. The van der Waals surface area contributed by atoms with Gasteiger partial charge in [0.2, 0.25) is 0 Å². The van der Waals surface area contributed by atoms with Crippen LogP contribution in [0.4, 0.5) is 0 Å². The number of nitrogens with one attached hydrogen (secondary N) is 1. The van der Waals surface area contributed by atoms with Gasteiger partial charge in [-0.25, -0.2) is 0 Å². The Morgan fingerprint density at radius 2 is 2.00 bits per heavy atom. The zero-order chi connectivity index (χ0) is 9.57. The summed E-state index contributed by atoms with van der Waals surface area (Å²) >= 11 is 0. The summed E-state index contributed by atoms with van der Waals surface area (Å²) in [5.41, 5.74) is 0.323. The van der Waals surface area contributed by atoms with Gasteiger partial charge in [-0.2, -0.15) is 0 Å². The lowest BCUT2D eigenvalue weighted by atomic mass is 9.89. The quantitative estimate of drug-likeness (QED) is 0.642. The van der Waals surface area contributed by atoms with Gasteiger partial charge < -0.3 is 4.74 Å². The molecule has 1 aliphatic heterocycles. The van der Waals surface area contributed by atoms with Crippen molar-refractivity contribution >= 4 is 0 Å². The third-order valence-corrected chi connectivity index (χ3v) is 2.92. The number of hydrogen-bond acceptors (Lipinski definition) is 2. The van der Waals surface area contributed by atoms with Crippen molar-refractivity contribution in [2.75, 3.05) is 13.3 Å². The van der Waals surface area contributed by atoms with Gasteiger partial charge in [-0.15, -0.1) is 0 Å². The van der Waals surface area contributed by atoms with E-state index in [0.29, 0.717) is 5.54 Å². The fourth-order valence-electron chi connectivity index (χ4n) is 2.14. The Labute approximate surface area is 82.0 Å². The highest BCUT2D eigenvalue weighted by molar-refractivity contribution is 4.89. The first-order chi connectivity index (χ1) is 6.33. The van der Waals surface area contributed by atoms with Crippen LogP contribution in [-0.2, 0) is 4.74 Å². The fourth-order valence-corrected chi connectivity index (χ4v) is 2.14. The van der Waals surface area contributed by atoms with Crippen molar-refractivity contribution in [3.8, 4) is 0 Å². The second kappa shape index (κ2) is 5.61. The van der Waals surface area contributed by atoms with E-state index in [4.69, 9.17) is 4.74 Å². The molecule has 1 aliphatic rings. The molecular weight excluding hydrogens is 162 g/mol. The van der Waals surface area contributed by atoms with E-state index in [-0.39, 0.29) is 0 Å². The molecule has 0 saturated carbocycles. The monoisotopic (exact) mass is 185 g/mol. The van der Waals surface area contributed by atoms with Gasteiger partial charge >= 0.3 is 0 Å². The van der Waals surface area contributed by atoms with E-state index in [1.165, 1.54) is 38.5 Å². The van der Waals surface area contributed by atoms with Crippen LogP contribution in [0.2, 0.25) is 0 Å². The summed E-state index contributed by atoms with van der Waals surface area (Å²) in [7, 11) is 0. The second-order valence-electron chi connectivity index (χ2n) is 4.16. The van der Waals surface area contributed by atoms with E-state index in [2.05, 4.69) is 19.2 Å². The lowest BCUT2D eigenvalue weighted by Gasteiger charge is -2.27. The van der Waals surface area contributed by atoms with E-state index < -0.39 is 0 Å². The zero-order valence-corrected chi connectivity index (χ0v) is 9.07. The van der Waals surface area contributed by atoms with Crippen LogP contribution >= 0.6 is 0 Å².